The number of sulfonamides is 1. The van der Waals surface area contributed by atoms with Crippen LogP contribution in [0.15, 0.2) is 34.7 Å². The second-order valence-electron chi connectivity index (χ2n) is 3.20. The molecule has 18 heavy (non-hydrogen) atoms. The third kappa shape index (κ3) is 2.61. The summed E-state index contributed by atoms with van der Waals surface area (Å²) in [6.07, 6.45) is 1.17. The predicted molar refractivity (Wildman–Crippen MR) is 69.1 cm³/mol. The maximum atomic E-state index is 12.0. The Labute approximate surface area is 113 Å². The van der Waals surface area contributed by atoms with Gasteiger partial charge in [0.05, 0.1) is 17.4 Å². The van der Waals surface area contributed by atoms with Crippen molar-refractivity contribution in [1.29, 1.82) is 5.26 Å². The van der Waals surface area contributed by atoms with Crippen LogP contribution >= 0.6 is 22.9 Å². The van der Waals surface area contributed by atoms with Gasteiger partial charge in [0.1, 0.15) is 6.07 Å². The van der Waals surface area contributed by atoms with Gasteiger partial charge in [-0.1, -0.05) is 35.1 Å². The number of nitrogens with one attached hydrogen (secondary N) is 1. The van der Waals surface area contributed by atoms with Crippen molar-refractivity contribution >= 4 is 38.6 Å². The lowest BCUT2D eigenvalue weighted by Crippen LogP contribution is -2.12. The van der Waals surface area contributed by atoms with Crippen molar-refractivity contribution in [2.24, 2.45) is 0 Å². The Balaban J connectivity index is 2.37. The summed E-state index contributed by atoms with van der Waals surface area (Å²) < 4.78 is 26.4. The van der Waals surface area contributed by atoms with Gasteiger partial charge in [0.15, 0.2) is 8.68 Å². The monoisotopic (exact) mass is 299 g/mol. The minimum absolute atomic E-state index is 0.000225. The van der Waals surface area contributed by atoms with Crippen molar-refractivity contribution in [1.82, 2.24) is 4.98 Å². The summed E-state index contributed by atoms with van der Waals surface area (Å²) in [7, 11) is -3.75. The van der Waals surface area contributed by atoms with Crippen LogP contribution in [-0.2, 0) is 10.0 Å². The van der Waals surface area contributed by atoms with Crippen molar-refractivity contribution in [2.75, 3.05) is 4.72 Å². The number of rotatable bonds is 3. The first-order valence-corrected chi connectivity index (χ1v) is 7.34. The number of para-hydroxylation sites is 1. The fourth-order valence-corrected chi connectivity index (χ4v) is 3.60. The maximum Gasteiger partial charge on any atom is 0.273 e. The highest BCUT2D eigenvalue weighted by atomic mass is 35.5. The van der Waals surface area contributed by atoms with Gasteiger partial charge in [-0.2, -0.15) is 5.26 Å². The molecule has 2 rings (SSSR count). The molecule has 1 heterocycles. The number of aromatic nitrogens is 1. The summed E-state index contributed by atoms with van der Waals surface area (Å²) >= 11 is 6.44. The van der Waals surface area contributed by atoms with E-state index in [9.17, 15) is 8.42 Å². The summed E-state index contributed by atoms with van der Waals surface area (Å²) in [5.41, 5.74) is 0.473. The lowest BCUT2D eigenvalue weighted by molar-refractivity contribution is 0.603. The summed E-state index contributed by atoms with van der Waals surface area (Å²) in [5, 5.41) is 8.87. The Hall–Kier alpha value is -1.62. The second kappa shape index (κ2) is 4.94. The highest BCUT2D eigenvalue weighted by molar-refractivity contribution is 7.94. The van der Waals surface area contributed by atoms with Gasteiger partial charge in [-0.3, -0.25) is 4.72 Å². The molecule has 0 aliphatic heterocycles. The van der Waals surface area contributed by atoms with E-state index in [0.29, 0.717) is 0 Å². The Morgan fingerprint density at radius 3 is 2.72 bits per heavy atom. The largest absolute Gasteiger partial charge is 0.278 e. The van der Waals surface area contributed by atoms with E-state index in [1.807, 2.05) is 6.07 Å². The second-order valence-corrected chi connectivity index (χ2v) is 6.72. The molecule has 0 saturated carbocycles. The SMILES string of the molecule is N#Cc1ccccc1NS(=O)(=O)c1cnc(Cl)s1. The molecular formula is C10H6ClN3O2S2. The van der Waals surface area contributed by atoms with Crippen LogP contribution in [0, 0.1) is 11.3 Å². The quantitative estimate of drug-likeness (QED) is 0.943. The minimum Gasteiger partial charge on any atom is -0.278 e. The zero-order valence-corrected chi connectivity index (χ0v) is 11.2. The molecule has 0 aliphatic carbocycles. The number of halogens is 1. The van der Waals surface area contributed by atoms with Crippen molar-refractivity contribution in [3.05, 3.63) is 40.5 Å². The molecule has 0 spiro atoms. The molecule has 0 radical (unpaired) electrons. The molecule has 0 amide bonds. The lowest BCUT2D eigenvalue weighted by Gasteiger charge is -2.06. The smallest absolute Gasteiger partial charge is 0.273 e. The normalized spacial score (nSPS) is 10.9. The Kier molecular flexibility index (Phi) is 3.52. The van der Waals surface area contributed by atoms with E-state index >= 15 is 0 Å². The van der Waals surface area contributed by atoms with E-state index in [1.54, 1.807) is 12.1 Å². The van der Waals surface area contributed by atoms with E-state index < -0.39 is 10.0 Å². The highest BCUT2D eigenvalue weighted by Crippen LogP contribution is 2.25. The Morgan fingerprint density at radius 1 is 1.39 bits per heavy atom. The molecule has 1 aromatic carbocycles. The topological polar surface area (TPSA) is 82.9 Å². The van der Waals surface area contributed by atoms with Crippen LogP contribution < -0.4 is 4.72 Å². The molecule has 0 aliphatic rings. The first-order valence-electron chi connectivity index (χ1n) is 4.66. The number of hydrogen-bond donors (Lipinski definition) is 1. The summed E-state index contributed by atoms with van der Waals surface area (Å²) in [6, 6.07) is 8.24. The molecule has 92 valence electrons. The van der Waals surface area contributed by atoms with Crippen LogP contribution in [-0.4, -0.2) is 13.4 Å². The van der Waals surface area contributed by atoms with Crippen molar-refractivity contribution in [2.45, 2.75) is 4.21 Å². The molecule has 0 fully saturated rings. The minimum atomic E-state index is -3.75. The van der Waals surface area contributed by atoms with E-state index in [-0.39, 0.29) is 19.9 Å². The molecule has 0 unspecified atom stereocenters. The number of nitriles is 1. The van der Waals surface area contributed by atoms with Gasteiger partial charge in [-0.15, -0.1) is 0 Å². The highest BCUT2D eigenvalue weighted by Gasteiger charge is 2.18. The maximum absolute atomic E-state index is 12.0. The fraction of sp³-hybridized carbons (Fsp3) is 0. The van der Waals surface area contributed by atoms with Gasteiger partial charge in [0.25, 0.3) is 10.0 Å². The molecule has 5 nitrogen and oxygen atoms in total. The van der Waals surface area contributed by atoms with Crippen LogP contribution in [0.1, 0.15) is 5.56 Å². The molecule has 0 bridgehead atoms. The predicted octanol–water partition coefficient (Wildman–Crippen LogP) is 2.47. The van der Waals surface area contributed by atoms with Gasteiger partial charge < -0.3 is 0 Å². The van der Waals surface area contributed by atoms with Gasteiger partial charge in [0, 0.05) is 0 Å². The van der Waals surface area contributed by atoms with E-state index in [0.717, 1.165) is 11.3 Å². The van der Waals surface area contributed by atoms with Crippen LogP contribution in [0.3, 0.4) is 0 Å². The molecular weight excluding hydrogens is 294 g/mol. The Morgan fingerprint density at radius 2 is 2.11 bits per heavy atom. The molecule has 1 aromatic heterocycles. The average Bonchev–Trinajstić information content (AvgIpc) is 2.77. The molecule has 1 N–H and O–H groups in total. The molecule has 0 saturated heterocycles. The average molecular weight is 300 g/mol. The third-order valence-corrected chi connectivity index (χ3v) is 4.95. The zero-order valence-electron chi connectivity index (χ0n) is 8.79. The van der Waals surface area contributed by atoms with Gasteiger partial charge in [-0.25, -0.2) is 13.4 Å². The fourth-order valence-electron chi connectivity index (χ4n) is 1.23. The van der Waals surface area contributed by atoms with Crippen LogP contribution in [0.2, 0.25) is 4.47 Å². The molecule has 8 heteroatoms. The van der Waals surface area contributed by atoms with Crippen LogP contribution in [0.25, 0.3) is 0 Å². The number of nitrogens with zero attached hydrogens (tertiary/aromatic N) is 2. The van der Waals surface area contributed by atoms with Crippen molar-refractivity contribution < 1.29 is 8.42 Å². The van der Waals surface area contributed by atoms with Crippen molar-refractivity contribution in [3.8, 4) is 6.07 Å². The first kappa shape index (κ1) is 12.8. The zero-order chi connectivity index (χ0) is 13.2. The number of hydrogen-bond acceptors (Lipinski definition) is 5. The third-order valence-electron chi connectivity index (χ3n) is 2.01. The van der Waals surface area contributed by atoms with Crippen LogP contribution in [0.5, 0.6) is 0 Å². The first-order chi connectivity index (χ1) is 8.53. The number of benzene rings is 1. The van der Waals surface area contributed by atoms with Crippen LogP contribution in [0.4, 0.5) is 5.69 Å². The van der Waals surface area contributed by atoms with Gasteiger partial charge in [0.2, 0.25) is 0 Å². The van der Waals surface area contributed by atoms with Crippen molar-refractivity contribution in [3.63, 3.8) is 0 Å². The van der Waals surface area contributed by atoms with E-state index in [1.165, 1.54) is 18.3 Å². The summed E-state index contributed by atoms with van der Waals surface area (Å²) in [6.45, 7) is 0. The van der Waals surface area contributed by atoms with E-state index in [2.05, 4.69) is 9.71 Å². The standard InChI is InChI=1S/C10H6ClN3O2S2/c11-10-13-6-9(17-10)18(15,16)14-8-4-2-1-3-7(8)5-12/h1-4,6,14H. The van der Waals surface area contributed by atoms with Gasteiger partial charge >= 0.3 is 0 Å². The van der Waals surface area contributed by atoms with Gasteiger partial charge in [-0.05, 0) is 12.1 Å². The lowest BCUT2D eigenvalue weighted by atomic mass is 10.2. The number of thiazole rings is 1. The summed E-state index contributed by atoms with van der Waals surface area (Å²) in [5.74, 6) is 0. The Bertz CT molecular complexity index is 719. The molecule has 2 aromatic rings. The summed E-state index contributed by atoms with van der Waals surface area (Å²) in [4.78, 5) is 3.67. The number of anilines is 1. The molecule has 0 atom stereocenters. The van der Waals surface area contributed by atoms with E-state index in [4.69, 9.17) is 16.9 Å².